The first-order valence-corrected chi connectivity index (χ1v) is 10.8. The normalized spacial score (nSPS) is 18.8. The van der Waals surface area contributed by atoms with E-state index >= 15 is 0 Å². The fraction of sp³-hybridized carbons (Fsp3) is 0.333. The lowest BCUT2D eigenvalue weighted by Gasteiger charge is -2.48. The molecule has 29 heavy (non-hydrogen) atoms. The van der Waals surface area contributed by atoms with Gasteiger partial charge in [0.25, 0.3) is 0 Å². The SMILES string of the molecule is CC(C)C(O)[C@@H]1CCCN1C(c1ccccc1)(c1ccccc1)c1ccccc1. The number of hydrogen-bond acceptors (Lipinski definition) is 2. The van der Waals surface area contributed by atoms with Gasteiger partial charge in [0.2, 0.25) is 0 Å². The Hall–Kier alpha value is -2.42. The molecule has 2 heteroatoms. The summed E-state index contributed by atoms with van der Waals surface area (Å²) in [5.74, 6) is 0.223. The van der Waals surface area contributed by atoms with E-state index in [1.54, 1.807) is 0 Å². The van der Waals surface area contributed by atoms with E-state index in [-0.39, 0.29) is 18.1 Å². The van der Waals surface area contributed by atoms with Crippen molar-refractivity contribution in [1.29, 1.82) is 0 Å². The molecule has 0 radical (unpaired) electrons. The van der Waals surface area contributed by atoms with Crippen LogP contribution in [0, 0.1) is 5.92 Å². The number of benzene rings is 3. The molecule has 0 aromatic heterocycles. The van der Waals surface area contributed by atoms with Crippen LogP contribution in [-0.2, 0) is 5.54 Å². The van der Waals surface area contributed by atoms with Crippen molar-refractivity contribution in [3.63, 3.8) is 0 Å². The molecule has 1 unspecified atom stereocenters. The van der Waals surface area contributed by atoms with Crippen molar-refractivity contribution < 1.29 is 5.11 Å². The largest absolute Gasteiger partial charge is 0.391 e. The van der Waals surface area contributed by atoms with Gasteiger partial charge in [0.15, 0.2) is 0 Å². The van der Waals surface area contributed by atoms with Crippen LogP contribution in [-0.4, -0.2) is 28.7 Å². The van der Waals surface area contributed by atoms with Crippen LogP contribution in [0.2, 0.25) is 0 Å². The monoisotopic (exact) mass is 385 g/mol. The number of hydrogen-bond donors (Lipinski definition) is 1. The molecule has 3 aromatic rings. The minimum atomic E-state index is -0.430. The van der Waals surface area contributed by atoms with Crippen molar-refractivity contribution in [2.45, 2.75) is 44.4 Å². The standard InChI is InChI=1S/C27H31NO/c1-21(2)26(29)25-19-12-20-28(25)27(22-13-6-3-7-14-22,23-15-8-4-9-16-23)24-17-10-5-11-18-24/h3-11,13-18,21,25-26,29H,12,19-20H2,1-2H3/t25-,26?/m0/s1. The van der Waals surface area contributed by atoms with Crippen LogP contribution < -0.4 is 0 Å². The van der Waals surface area contributed by atoms with Crippen molar-refractivity contribution >= 4 is 0 Å². The van der Waals surface area contributed by atoms with E-state index < -0.39 is 5.54 Å². The maximum atomic E-state index is 11.2. The zero-order valence-electron chi connectivity index (χ0n) is 17.4. The lowest BCUT2D eigenvalue weighted by molar-refractivity contribution is 0.00828. The Morgan fingerprint density at radius 1 is 0.759 bits per heavy atom. The average Bonchev–Trinajstić information content (AvgIpc) is 3.26. The molecule has 1 fully saturated rings. The predicted molar refractivity (Wildman–Crippen MR) is 120 cm³/mol. The minimum Gasteiger partial charge on any atom is -0.391 e. The molecule has 0 saturated carbocycles. The van der Waals surface area contributed by atoms with E-state index in [4.69, 9.17) is 0 Å². The number of rotatable bonds is 6. The van der Waals surface area contributed by atoms with Crippen LogP contribution in [0.3, 0.4) is 0 Å². The Kier molecular flexibility index (Phi) is 5.84. The van der Waals surface area contributed by atoms with Crippen LogP contribution in [0.15, 0.2) is 91.0 Å². The highest BCUT2D eigenvalue weighted by Crippen LogP contribution is 2.46. The maximum Gasteiger partial charge on any atom is 0.0976 e. The van der Waals surface area contributed by atoms with Crippen molar-refractivity contribution in [2.24, 2.45) is 5.92 Å². The molecular formula is C27H31NO. The highest BCUT2D eigenvalue weighted by molar-refractivity contribution is 5.50. The van der Waals surface area contributed by atoms with E-state index in [1.165, 1.54) is 16.7 Å². The molecule has 0 aliphatic carbocycles. The molecule has 0 amide bonds. The summed E-state index contributed by atoms with van der Waals surface area (Å²) in [6, 6.07) is 32.5. The number of likely N-dealkylation sites (tertiary alicyclic amines) is 1. The molecule has 1 heterocycles. The van der Waals surface area contributed by atoms with Gasteiger partial charge in [-0.25, -0.2) is 0 Å². The second-order valence-corrected chi connectivity index (χ2v) is 8.45. The molecule has 4 rings (SSSR count). The highest BCUT2D eigenvalue weighted by atomic mass is 16.3. The van der Waals surface area contributed by atoms with E-state index in [9.17, 15) is 5.11 Å². The Morgan fingerprint density at radius 3 is 1.55 bits per heavy atom. The first kappa shape index (κ1) is 19.9. The zero-order chi connectivity index (χ0) is 20.3. The smallest absolute Gasteiger partial charge is 0.0976 e. The molecule has 2 atom stereocenters. The van der Waals surface area contributed by atoms with Crippen LogP contribution >= 0.6 is 0 Å². The van der Waals surface area contributed by atoms with Crippen molar-refractivity contribution in [3.05, 3.63) is 108 Å². The Morgan fingerprint density at radius 2 is 1.17 bits per heavy atom. The van der Waals surface area contributed by atoms with E-state index in [0.717, 1.165) is 19.4 Å². The molecular weight excluding hydrogens is 354 g/mol. The first-order valence-electron chi connectivity index (χ1n) is 10.8. The average molecular weight is 386 g/mol. The summed E-state index contributed by atoms with van der Waals surface area (Å²) >= 11 is 0. The third-order valence-corrected chi connectivity index (χ3v) is 6.38. The zero-order valence-corrected chi connectivity index (χ0v) is 17.4. The Balaban J connectivity index is 2.01. The minimum absolute atomic E-state index is 0.121. The topological polar surface area (TPSA) is 23.5 Å². The molecule has 150 valence electrons. The summed E-state index contributed by atoms with van der Waals surface area (Å²) in [5, 5.41) is 11.2. The highest BCUT2D eigenvalue weighted by Gasteiger charge is 2.48. The number of aliphatic hydroxyl groups excluding tert-OH is 1. The van der Waals surface area contributed by atoms with Gasteiger partial charge < -0.3 is 5.11 Å². The van der Waals surface area contributed by atoms with Crippen molar-refractivity contribution in [1.82, 2.24) is 4.90 Å². The predicted octanol–water partition coefficient (Wildman–Crippen LogP) is 5.46. The fourth-order valence-corrected chi connectivity index (χ4v) is 5.04. The van der Waals surface area contributed by atoms with E-state index in [0.29, 0.717) is 0 Å². The van der Waals surface area contributed by atoms with Gasteiger partial charge in [-0.2, -0.15) is 0 Å². The third-order valence-electron chi connectivity index (χ3n) is 6.38. The van der Waals surface area contributed by atoms with Gasteiger partial charge in [0, 0.05) is 12.6 Å². The number of nitrogens with zero attached hydrogens (tertiary/aromatic N) is 1. The second kappa shape index (κ2) is 8.52. The van der Waals surface area contributed by atoms with Gasteiger partial charge in [0.05, 0.1) is 11.6 Å². The summed E-state index contributed by atoms with van der Waals surface area (Å²) in [7, 11) is 0. The fourth-order valence-electron chi connectivity index (χ4n) is 5.04. The van der Waals surface area contributed by atoms with Gasteiger partial charge in [-0.15, -0.1) is 0 Å². The molecule has 2 nitrogen and oxygen atoms in total. The Labute approximate surface area is 174 Å². The molecule has 1 N–H and O–H groups in total. The molecule has 0 spiro atoms. The summed E-state index contributed by atoms with van der Waals surface area (Å²) in [4.78, 5) is 2.57. The van der Waals surface area contributed by atoms with Gasteiger partial charge >= 0.3 is 0 Å². The van der Waals surface area contributed by atoms with Crippen molar-refractivity contribution in [2.75, 3.05) is 6.54 Å². The molecule has 1 aliphatic rings. The summed E-state index contributed by atoms with van der Waals surface area (Å²) in [5.41, 5.74) is 3.32. The van der Waals surface area contributed by atoms with Crippen LogP contribution in [0.25, 0.3) is 0 Å². The molecule has 0 bridgehead atoms. The van der Waals surface area contributed by atoms with E-state index in [1.807, 2.05) is 0 Å². The van der Waals surface area contributed by atoms with E-state index in [2.05, 4.69) is 110 Å². The van der Waals surface area contributed by atoms with Crippen LogP contribution in [0.4, 0.5) is 0 Å². The summed E-state index contributed by atoms with van der Waals surface area (Å²) in [6.45, 7) is 5.21. The van der Waals surface area contributed by atoms with Gasteiger partial charge in [0.1, 0.15) is 0 Å². The molecule has 1 saturated heterocycles. The summed E-state index contributed by atoms with van der Waals surface area (Å²) < 4.78 is 0. The molecule has 3 aromatic carbocycles. The first-order chi connectivity index (χ1) is 14.2. The maximum absolute atomic E-state index is 11.2. The summed E-state index contributed by atoms with van der Waals surface area (Å²) in [6.07, 6.45) is 1.77. The second-order valence-electron chi connectivity index (χ2n) is 8.45. The van der Waals surface area contributed by atoms with Crippen molar-refractivity contribution in [3.8, 4) is 0 Å². The number of aliphatic hydroxyl groups is 1. The van der Waals surface area contributed by atoms with Gasteiger partial charge in [-0.05, 0) is 35.4 Å². The van der Waals surface area contributed by atoms with Gasteiger partial charge in [-0.1, -0.05) is 105 Å². The van der Waals surface area contributed by atoms with Crippen LogP contribution in [0.5, 0.6) is 0 Å². The third kappa shape index (κ3) is 3.52. The quantitative estimate of drug-likeness (QED) is 0.570. The molecule has 1 aliphatic heterocycles. The van der Waals surface area contributed by atoms with Crippen LogP contribution in [0.1, 0.15) is 43.4 Å². The lowest BCUT2D eigenvalue weighted by Crippen LogP contribution is -2.54. The Bertz CT molecular complexity index is 795. The van der Waals surface area contributed by atoms with Gasteiger partial charge in [-0.3, -0.25) is 4.90 Å². The lowest BCUT2D eigenvalue weighted by atomic mass is 9.74.